The van der Waals surface area contributed by atoms with Gasteiger partial charge in [0.25, 0.3) is 0 Å². The van der Waals surface area contributed by atoms with E-state index in [1.807, 2.05) is 0 Å². The van der Waals surface area contributed by atoms with E-state index in [1.54, 1.807) is 0 Å². The monoisotopic (exact) mass is 287 g/mol. The van der Waals surface area contributed by atoms with Crippen LogP contribution in [0, 0.1) is 11.6 Å². The Labute approximate surface area is 111 Å². The van der Waals surface area contributed by atoms with Crippen molar-refractivity contribution in [1.29, 1.82) is 0 Å². The molecular formula is C13H15F2NO2S. The molecule has 0 aromatic heterocycles. The third kappa shape index (κ3) is 2.07. The second-order valence-corrected chi connectivity index (χ2v) is 7.07. The average Bonchev–Trinajstić information content (AvgIpc) is 2.64. The summed E-state index contributed by atoms with van der Waals surface area (Å²) in [5.41, 5.74) is 0. The second-order valence-electron chi connectivity index (χ2n) is 5.23. The quantitative estimate of drug-likeness (QED) is 0.838. The Morgan fingerprint density at radius 1 is 1.00 bits per heavy atom. The van der Waals surface area contributed by atoms with Crippen LogP contribution in [0.15, 0.2) is 23.1 Å². The van der Waals surface area contributed by atoms with Gasteiger partial charge in [0.2, 0.25) is 10.0 Å². The molecule has 19 heavy (non-hydrogen) atoms. The molecule has 3 rings (SSSR count). The molecule has 2 atom stereocenters. The Bertz CT molecular complexity index is 587. The molecule has 3 nitrogen and oxygen atoms in total. The molecule has 0 aliphatic carbocycles. The molecule has 0 saturated carbocycles. The summed E-state index contributed by atoms with van der Waals surface area (Å²) in [6.07, 6.45) is 4.50. The van der Waals surface area contributed by atoms with Crippen LogP contribution in [-0.4, -0.2) is 24.8 Å². The zero-order valence-electron chi connectivity index (χ0n) is 10.4. The zero-order valence-corrected chi connectivity index (χ0v) is 11.2. The minimum absolute atomic E-state index is 0.0249. The van der Waals surface area contributed by atoms with Gasteiger partial charge in [-0.3, -0.25) is 0 Å². The van der Waals surface area contributed by atoms with Crippen molar-refractivity contribution in [2.45, 2.75) is 49.1 Å². The van der Waals surface area contributed by atoms with Crippen LogP contribution in [0.3, 0.4) is 0 Å². The number of piperidine rings is 1. The number of benzene rings is 1. The van der Waals surface area contributed by atoms with Gasteiger partial charge in [-0.1, -0.05) is 6.42 Å². The number of hydrogen-bond donors (Lipinski definition) is 0. The number of hydrogen-bond acceptors (Lipinski definition) is 2. The Morgan fingerprint density at radius 2 is 1.63 bits per heavy atom. The number of nitrogens with zero attached hydrogens (tertiary/aromatic N) is 1. The molecular weight excluding hydrogens is 272 g/mol. The van der Waals surface area contributed by atoms with Gasteiger partial charge in [-0.15, -0.1) is 0 Å². The molecule has 0 spiro atoms. The predicted octanol–water partition coefficient (Wildman–Crippen LogP) is 2.67. The Balaban J connectivity index is 2.00. The van der Waals surface area contributed by atoms with Crippen LogP contribution in [0.1, 0.15) is 32.1 Å². The van der Waals surface area contributed by atoms with E-state index in [4.69, 9.17) is 0 Å². The summed E-state index contributed by atoms with van der Waals surface area (Å²) in [6.45, 7) is 0. The Kier molecular flexibility index (Phi) is 3.09. The van der Waals surface area contributed by atoms with E-state index in [0.717, 1.165) is 50.3 Å². The first kappa shape index (κ1) is 13.0. The minimum Gasteiger partial charge on any atom is -0.207 e. The molecule has 1 aromatic rings. The normalized spacial score (nSPS) is 27.7. The van der Waals surface area contributed by atoms with E-state index in [0.29, 0.717) is 0 Å². The first-order valence-electron chi connectivity index (χ1n) is 6.49. The van der Waals surface area contributed by atoms with Crippen molar-refractivity contribution in [2.75, 3.05) is 0 Å². The van der Waals surface area contributed by atoms with Gasteiger partial charge in [0.05, 0.1) is 4.90 Å². The van der Waals surface area contributed by atoms with Crippen LogP contribution in [0.2, 0.25) is 0 Å². The topological polar surface area (TPSA) is 37.4 Å². The maximum Gasteiger partial charge on any atom is 0.243 e. The molecule has 104 valence electrons. The number of rotatable bonds is 2. The highest BCUT2D eigenvalue weighted by atomic mass is 32.2. The fourth-order valence-corrected chi connectivity index (χ4v) is 5.16. The summed E-state index contributed by atoms with van der Waals surface area (Å²) in [4.78, 5) is -0.148. The summed E-state index contributed by atoms with van der Waals surface area (Å²) >= 11 is 0. The molecule has 6 heteroatoms. The molecule has 2 heterocycles. The van der Waals surface area contributed by atoms with Crippen molar-refractivity contribution in [1.82, 2.24) is 4.31 Å². The molecule has 2 bridgehead atoms. The van der Waals surface area contributed by atoms with Crippen LogP contribution < -0.4 is 0 Å². The molecule has 0 N–H and O–H groups in total. The molecule has 0 amide bonds. The summed E-state index contributed by atoms with van der Waals surface area (Å²) in [5.74, 6) is -2.15. The van der Waals surface area contributed by atoms with Crippen LogP contribution >= 0.6 is 0 Å². The van der Waals surface area contributed by atoms with E-state index in [9.17, 15) is 17.2 Å². The van der Waals surface area contributed by atoms with E-state index >= 15 is 0 Å². The lowest BCUT2D eigenvalue weighted by Gasteiger charge is -2.33. The van der Waals surface area contributed by atoms with Crippen LogP contribution in [0.4, 0.5) is 8.78 Å². The predicted molar refractivity (Wildman–Crippen MR) is 66.0 cm³/mol. The number of sulfonamides is 1. The third-order valence-electron chi connectivity index (χ3n) is 4.09. The fourth-order valence-electron chi connectivity index (χ4n) is 3.22. The first-order chi connectivity index (χ1) is 9.00. The van der Waals surface area contributed by atoms with E-state index in [2.05, 4.69) is 0 Å². The lowest BCUT2D eigenvalue weighted by Crippen LogP contribution is -2.43. The summed E-state index contributed by atoms with van der Waals surface area (Å²) < 4.78 is 52.8. The highest BCUT2D eigenvalue weighted by Gasteiger charge is 2.44. The van der Waals surface area contributed by atoms with Gasteiger partial charge in [0.1, 0.15) is 0 Å². The van der Waals surface area contributed by atoms with Crippen molar-refractivity contribution >= 4 is 10.0 Å². The van der Waals surface area contributed by atoms with E-state index in [1.165, 1.54) is 4.31 Å². The first-order valence-corrected chi connectivity index (χ1v) is 7.93. The summed E-state index contributed by atoms with van der Waals surface area (Å²) in [7, 11) is -3.71. The third-order valence-corrected chi connectivity index (χ3v) is 6.10. The van der Waals surface area contributed by atoms with Gasteiger partial charge in [-0.2, -0.15) is 4.31 Å². The lowest BCUT2D eigenvalue weighted by atomic mass is 10.1. The van der Waals surface area contributed by atoms with Gasteiger partial charge in [-0.05, 0) is 43.9 Å². The average molecular weight is 287 g/mol. The number of fused-ring (bicyclic) bond motifs is 2. The molecule has 2 fully saturated rings. The Hall–Kier alpha value is -1.01. The van der Waals surface area contributed by atoms with Crippen molar-refractivity contribution in [3.05, 3.63) is 29.8 Å². The van der Waals surface area contributed by atoms with Crippen LogP contribution in [-0.2, 0) is 10.0 Å². The maximum atomic E-state index is 13.2. The van der Waals surface area contributed by atoms with E-state index in [-0.39, 0.29) is 17.0 Å². The molecule has 2 saturated heterocycles. The van der Waals surface area contributed by atoms with E-state index < -0.39 is 21.7 Å². The van der Waals surface area contributed by atoms with Crippen molar-refractivity contribution < 1.29 is 17.2 Å². The van der Waals surface area contributed by atoms with Crippen molar-refractivity contribution in [3.63, 3.8) is 0 Å². The fraction of sp³-hybridized carbons (Fsp3) is 0.538. The largest absolute Gasteiger partial charge is 0.243 e. The van der Waals surface area contributed by atoms with Gasteiger partial charge in [0.15, 0.2) is 11.6 Å². The van der Waals surface area contributed by atoms with Gasteiger partial charge >= 0.3 is 0 Å². The SMILES string of the molecule is O=S(=O)(c1ccc(F)c(F)c1)N1C2CCCC1CC2. The standard InChI is InChI=1S/C13H15F2NO2S/c14-12-7-6-11(8-13(12)15)19(17,18)16-9-2-1-3-10(16)5-4-9/h6-10H,1-5H2. The van der Waals surface area contributed by atoms with Crippen molar-refractivity contribution in [3.8, 4) is 0 Å². The number of halogens is 2. The molecule has 2 aliphatic rings. The molecule has 2 unspecified atom stereocenters. The molecule has 2 aliphatic heterocycles. The van der Waals surface area contributed by atoms with Gasteiger partial charge in [0, 0.05) is 12.1 Å². The zero-order chi connectivity index (χ0) is 13.6. The van der Waals surface area contributed by atoms with Crippen LogP contribution in [0.5, 0.6) is 0 Å². The maximum absolute atomic E-state index is 13.2. The van der Waals surface area contributed by atoms with Crippen LogP contribution in [0.25, 0.3) is 0 Å². The summed E-state index contributed by atoms with van der Waals surface area (Å²) in [5, 5.41) is 0. The van der Waals surface area contributed by atoms with Crippen molar-refractivity contribution in [2.24, 2.45) is 0 Å². The second kappa shape index (κ2) is 4.52. The van der Waals surface area contributed by atoms with Gasteiger partial charge in [-0.25, -0.2) is 17.2 Å². The molecule has 1 aromatic carbocycles. The van der Waals surface area contributed by atoms with Gasteiger partial charge < -0.3 is 0 Å². The minimum atomic E-state index is -3.71. The molecule has 0 radical (unpaired) electrons. The highest BCUT2D eigenvalue weighted by molar-refractivity contribution is 7.89. The smallest absolute Gasteiger partial charge is 0.207 e. The lowest BCUT2D eigenvalue weighted by molar-refractivity contribution is 0.248. The summed E-state index contributed by atoms with van der Waals surface area (Å²) in [6, 6.07) is 2.84. The Morgan fingerprint density at radius 3 is 2.21 bits per heavy atom. The highest BCUT2D eigenvalue weighted by Crippen LogP contribution is 2.39.